The van der Waals surface area contributed by atoms with E-state index in [4.69, 9.17) is 23.2 Å². The quantitative estimate of drug-likeness (QED) is 0.800. The van der Waals surface area contributed by atoms with Crippen molar-refractivity contribution in [3.05, 3.63) is 28.2 Å². The van der Waals surface area contributed by atoms with Crippen molar-refractivity contribution in [1.82, 2.24) is 5.32 Å². The number of para-hydroxylation sites is 1. The summed E-state index contributed by atoms with van der Waals surface area (Å²) in [6.07, 6.45) is 3.42. The maximum atomic E-state index is 11.9. The highest BCUT2D eigenvalue weighted by molar-refractivity contribution is 6.39. The van der Waals surface area contributed by atoms with Crippen molar-refractivity contribution in [3.63, 3.8) is 0 Å². The van der Waals surface area contributed by atoms with Gasteiger partial charge in [-0.25, -0.2) is 0 Å². The lowest BCUT2D eigenvalue weighted by Crippen LogP contribution is -2.45. The van der Waals surface area contributed by atoms with Gasteiger partial charge < -0.3 is 15.7 Å². The van der Waals surface area contributed by atoms with Crippen LogP contribution in [0.4, 0.5) is 5.69 Å². The second-order valence-electron chi connectivity index (χ2n) is 4.98. The molecule has 0 aliphatic heterocycles. The first-order valence-electron chi connectivity index (χ1n) is 6.73. The first-order valence-corrected chi connectivity index (χ1v) is 7.49. The lowest BCUT2D eigenvalue weighted by Gasteiger charge is -2.28. The van der Waals surface area contributed by atoms with Crippen molar-refractivity contribution < 1.29 is 9.90 Å². The van der Waals surface area contributed by atoms with E-state index in [0.29, 0.717) is 15.7 Å². The number of hydrogen-bond donors (Lipinski definition) is 3. The van der Waals surface area contributed by atoms with Crippen LogP contribution >= 0.6 is 23.2 Å². The van der Waals surface area contributed by atoms with Crippen molar-refractivity contribution in [2.24, 2.45) is 0 Å². The normalized spacial score (nSPS) is 22.6. The molecule has 1 amide bonds. The van der Waals surface area contributed by atoms with Crippen LogP contribution in [0.15, 0.2) is 18.2 Å². The van der Waals surface area contributed by atoms with Gasteiger partial charge in [-0.2, -0.15) is 0 Å². The maximum absolute atomic E-state index is 11.9. The molecule has 2 unspecified atom stereocenters. The van der Waals surface area contributed by atoms with Crippen LogP contribution in [0.1, 0.15) is 25.7 Å². The molecular formula is C14H18Cl2N2O2. The Bertz CT molecular complexity index is 462. The molecule has 0 aromatic heterocycles. The van der Waals surface area contributed by atoms with E-state index in [2.05, 4.69) is 10.6 Å². The second-order valence-corrected chi connectivity index (χ2v) is 5.80. The number of benzene rings is 1. The Morgan fingerprint density at radius 1 is 1.25 bits per heavy atom. The average molecular weight is 317 g/mol. The third-order valence-corrected chi connectivity index (χ3v) is 4.11. The number of hydrogen-bond acceptors (Lipinski definition) is 3. The molecule has 1 saturated carbocycles. The van der Waals surface area contributed by atoms with Gasteiger partial charge in [-0.15, -0.1) is 0 Å². The Kier molecular flexibility index (Phi) is 5.66. The highest BCUT2D eigenvalue weighted by Gasteiger charge is 2.23. The van der Waals surface area contributed by atoms with E-state index in [-0.39, 0.29) is 24.6 Å². The number of anilines is 1. The summed E-state index contributed by atoms with van der Waals surface area (Å²) < 4.78 is 0. The van der Waals surface area contributed by atoms with E-state index >= 15 is 0 Å². The molecule has 0 heterocycles. The lowest BCUT2D eigenvalue weighted by molar-refractivity contribution is -0.115. The summed E-state index contributed by atoms with van der Waals surface area (Å²) in [5, 5.41) is 16.4. The van der Waals surface area contributed by atoms with Gasteiger partial charge in [0.15, 0.2) is 0 Å². The van der Waals surface area contributed by atoms with Crippen molar-refractivity contribution in [2.45, 2.75) is 37.8 Å². The molecule has 20 heavy (non-hydrogen) atoms. The molecule has 2 atom stereocenters. The van der Waals surface area contributed by atoms with E-state index in [9.17, 15) is 9.90 Å². The summed E-state index contributed by atoms with van der Waals surface area (Å²) in [5.74, 6) is -0.224. The molecule has 1 aliphatic carbocycles. The van der Waals surface area contributed by atoms with Crippen LogP contribution in [0.25, 0.3) is 0 Å². The fourth-order valence-corrected chi connectivity index (χ4v) is 2.87. The monoisotopic (exact) mass is 316 g/mol. The highest BCUT2D eigenvalue weighted by Crippen LogP contribution is 2.29. The van der Waals surface area contributed by atoms with Gasteiger partial charge in [0.2, 0.25) is 5.91 Å². The number of rotatable bonds is 4. The van der Waals surface area contributed by atoms with E-state index < -0.39 is 0 Å². The largest absolute Gasteiger partial charge is 0.392 e. The number of halogens is 2. The summed E-state index contributed by atoms with van der Waals surface area (Å²) in [6.45, 7) is 0.128. The molecule has 3 N–H and O–H groups in total. The van der Waals surface area contributed by atoms with Gasteiger partial charge in [-0.3, -0.25) is 4.79 Å². The Balaban J connectivity index is 1.86. The van der Waals surface area contributed by atoms with Crippen LogP contribution in [-0.2, 0) is 4.79 Å². The number of aliphatic hydroxyl groups is 1. The first-order chi connectivity index (χ1) is 9.58. The zero-order valence-electron chi connectivity index (χ0n) is 11.0. The Hall–Kier alpha value is -0.810. The Morgan fingerprint density at radius 2 is 1.90 bits per heavy atom. The van der Waals surface area contributed by atoms with Crippen molar-refractivity contribution in [1.29, 1.82) is 0 Å². The zero-order chi connectivity index (χ0) is 14.5. The van der Waals surface area contributed by atoms with Crippen molar-refractivity contribution >= 4 is 34.8 Å². The van der Waals surface area contributed by atoms with Crippen LogP contribution in [0.5, 0.6) is 0 Å². The third-order valence-electron chi connectivity index (χ3n) is 3.48. The van der Waals surface area contributed by atoms with Gasteiger partial charge in [0.05, 0.1) is 28.4 Å². The van der Waals surface area contributed by atoms with Crippen LogP contribution in [-0.4, -0.2) is 29.7 Å². The van der Waals surface area contributed by atoms with E-state index in [0.717, 1.165) is 25.7 Å². The number of aliphatic hydroxyl groups excluding tert-OH is 1. The van der Waals surface area contributed by atoms with Gasteiger partial charge in [0.25, 0.3) is 0 Å². The summed E-state index contributed by atoms with van der Waals surface area (Å²) in [7, 11) is 0. The predicted molar refractivity (Wildman–Crippen MR) is 81.4 cm³/mol. The summed E-state index contributed by atoms with van der Waals surface area (Å²) in [4.78, 5) is 11.9. The molecule has 0 bridgehead atoms. The molecule has 0 saturated heterocycles. The second kappa shape index (κ2) is 7.27. The maximum Gasteiger partial charge on any atom is 0.238 e. The van der Waals surface area contributed by atoms with E-state index in [1.165, 1.54) is 0 Å². The standard InChI is InChI=1S/C14H18Cl2N2O2/c15-9-4-3-5-10(16)14(9)18-13(20)8-17-11-6-1-2-7-12(11)19/h3-5,11-12,17,19H,1-2,6-8H2,(H,18,20). The van der Waals surface area contributed by atoms with Crippen LogP contribution in [0.2, 0.25) is 10.0 Å². The van der Waals surface area contributed by atoms with Gasteiger partial charge in [-0.1, -0.05) is 42.1 Å². The van der Waals surface area contributed by atoms with E-state index in [1.807, 2.05) is 0 Å². The van der Waals surface area contributed by atoms with Crippen LogP contribution < -0.4 is 10.6 Å². The first kappa shape index (κ1) is 15.6. The van der Waals surface area contributed by atoms with Gasteiger partial charge in [0, 0.05) is 6.04 Å². The smallest absolute Gasteiger partial charge is 0.238 e. The summed E-state index contributed by atoms with van der Waals surface area (Å²) in [5.41, 5.74) is 0.423. The number of carbonyl (C=O) groups is 1. The number of nitrogens with one attached hydrogen (secondary N) is 2. The molecule has 1 aliphatic rings. The molecule has 4 nitrogen and oxygen atoms in total. The topological polar surface area (TPSA) is 61.4 Å². The van der Waals surface area contributed by atoms with Gasteiger partial charge in [0.1, 0.15) is 0 Å². The minimum Gasteiger partial charge on any atom is -0.392 e. The van der Waals surface area contributed by atoms with Gasteiger partial charge >= 0.3 is 0 Å². The molecule has 1 aromatic rings. The molecule has 1 fully saturated rings. The Labute approximate surface area is 128 Å². The third kappa shape index (κ3) is 4.09. The summed E-state index contributed by atoms with van der Waals surface area (Å²) in [6, 6.07) is 5.04. The minimum absolute atomic E-state index is 0.0174. The molecule has 110 valence electrons. The zero-order valence-corrected chi connectivity index (χ0v) is 12.5. The Morgan fingerprint density at radius 3 is 2.55 bits per heavy atom. The predicted octanol–water partition coefficient (Wildman–Crippen LogP) is 2.83. The van der Waals surface area contributed by atoms with Crippen molar-refractivity contribution in [3.8, 4) is 0 Å². The SMILES string of the molecule is O=C(CNC1CCCCC1O)Nc1c(Cl)cccc1Cl. The molecule has 1 aromatic carbocycles. The molecule has 6 heteroatoms. The highest BCUT2D eigenvalue weighted by atomic mass is 35.5. The fourth-order valence-electron chi connectivity index (χ4n) is 2.37. The van der Waals surface area contributed by atoms with Gasteiger partial charge in [-0.05, 0) is 25.0 Å². The fraction of sp³-hybridized carbons (Fsp3) is 0.500. The van der Waals surface area contributed by atoms with Crippen LogP contribution in [0, 0.1) is 0 Å². The lowest BCUT2D eigenvalue weighted by atomic mass is 9.93. The molecular weight excluding hydrogens is 299 g/mol. The number of amides is 1. The van der Waals surface area contributed by atoms with Crippen LogP contribution in [0.3, 0.4) is 0 Å². The van der Waals surface area contributed by atoms with E-state index in [1.54, 1.807) is 18.2 Å². The summed E-state index contributed by atoms with van der Waals surface area (Å²) >= 11 is 12.0. The van der Waals surface area contributed by atoms with Crippen molar-refractivity contribution in [2.75, 3.05) is 11.9 Å². The number of carbonyl (C=O) groups excluding carboxylic acids is 1. The molecule has 0 spiro atoms. The molecule has 0 radical (unpaired) electrons. The minimum atomic E-state index is -0.375. The average Bonchev–Trinajstić information content (AvgIpc) is 2.42. The molecule has 2 rings (SSSR count).